The van der Waals surface area contributed by atoms with E-state index in [1.165, 1.54) is 11.1 Å². The number of benzene rings is 1. The summed E-state index contributed by atoms with van der Waals surface area (Å²) in [6, 6.07) is 8.74. The quantitative estimate of drug-likeness (QED) is 0.878. The van der Waals surface area contributed by atoms with Gasteiger partial charge in [0.15, 0.2) is 5.96 Å². The summed E-state index contributed by atoms with van der Waals surface area (Å²) in [7, 11) is 1.71. The number of nitrogens with zero attached hydrogens (tertiary/aromatic N) is 2. The zero-order chi connectivity index (χ0) is 13.9. The Morgan fingerprint density at radius 2 is 2.05 bits per heavy atom. The van der Waals surface area contributed by atoms with Gasteiger partial charge in [-0.3, -0.25) is 4.99 Å². The van der Waals surface area contributed by atoms with E-state index in [1.807, 2.05) is 0 Å². The zero-order valence-electron chi connectivity index (χ0n) is 12.0. The molecule has 1 aliphatic rings. The summed E-state index contributed by atoms with van der Waals surface area (Å²) >= 11 is 0. The smallest absolute Gasteiger partial charge is 0.192 e. The van der Waals surface area contributed by atoms with Crippen LogP contribution >= 0.6 is 0 Å². The van der Waals surface area contributed by atoms with Gasteiger partial charge in [0.05, 0.1) is 18.7 Å². The Kier molecular flexibility index (Phi) is 4.10. The van der Waals surface area contributed by atoms with Crippen molar-refractivity contribution in [2.24, 2.45) is 10.7 Å². The van der Waals surface area contributed by atoms with Gasteiger partial charge in [0.2, 0.25) is 0 Å². The first-order valence-electron chi connectivity index (χ1n) is 6.77. The first kappa shape index (κ1) is 13.9. The van der Waals surface area contributed by atoms with Crippen molar-refractivity contribution in [3.05, 3.63) is 35.4 Å². The molecule has 1 aromatic rings. The van der Waals surface area contributed by atoms with Gasteiger partial charge in [-0.1, -0.05) is 31.2 Å². The molecule has 0 amide bonds. The molecule has 104 valence electrons. The van der Waals surface area contributed by atoms with Crippen LogP contribution < -0.4 is 5.73 Å². The molecular weight excluding hydrogens is 238 g/mol. The summed E-state index contributed by atoms with van der Waals surface area (Å²) in [5, 5.41) is 0. The fourth-order valence-electron chi connectivity index (χ4n) is 2.55. The summed E-state index contributed by atoms with van der Waals surface area (Å²) < 4.78 is 5.17. The molecular formula is C15H23N3O. The number of rotatable bonds is 5. The van der Waals surface area contributed by atoms with Crippen molar-refractivity contribution in [2.45, 2.75) is 25.8 Å². The first-order chi connectivity index (χ1) is 9.11. The average molecular weight is 261 g/mol. The number of ether oxygens (including phenoxy) is 1. The molecule has 0 saturated carbocycles. The van der Waals surface area contributed by atoms with E-state index in [9.17, 15) is 0 Å². The lowest BCUT2D eigenvalue weighted by molar-refractivity contribution is 0.137. The van der Waals surface area contributed by atoms with Gasteiger partial charge in [-0.15, -0.1) is 0 Å². The molecule has 2 N–H and O–H groups in total. The highest BCUT2D eigenvalue weighted by molar-refractivity contribution is 5.81. The van der Waals surface area contributed by atoms with Crippen LogP contribution in [0.15, 0.2) is 29.3 Å². The van der Waals surface area contributed by atoms with Crippen molar-refractivity contribution in [1.29, 1.82) is 0 Å². The third-order valence-electron chi connectivity index (χ3n) is 3.92. The van der Waals surface area contributed by atoms with Crippen LogP contribution in [0.25, 0.3) is 0 Å². The molecule has 1 aliphatic heterocycles. The third kappa shape index (κ3) is 2.59. The summed E-state index contributed by atoms with van der Waals surface area (Å²) in [6.07, 6.45) is 1.06. The molecule has 19 heavy (non-hydrogen) atoms. The van der Waals surface area contributed by atoms with Gasteiger partial charge >= 0.3 is 0 Å². The molecule has 1 aromatic carbocycles. The lowest BCUT2D eigenvalue weighted by Gasteiger charge is -2.36. The standard InChI is InChI=1S/C15H23N3O/c1-4-12-5-7-13(8-6-12)15(2)11-17-14(16)18(15)9-10-19-3/h5-8H,4,9-11H2,1-3H3,(H2,16,17). The largest absolute Gasteiger partial charge is 0.383 e. The van der Waals surface area contributed by atoms with Gasteiger partial charge in [-0.2, -0.15) is 0 Å². The van der Waals surface area contributed by atoms with E-state index in [1.54, 1.807) is 7.11 Å². The van der Waals surface area contributed by atoms with Crippen LogP contribution in [0.5, 0.6) is 0 Å². The Morgan fingerprint density at radius 1 is 1.37 bits per heavy atom. The predicted molar refractivity (Wildman–Crippen MR) is 78.2 cm³/mol. The van der Waals surface area contributed by atoms with Crippen LogP contribution in [-0.4, -0.2) is 37.7 Å². The normalized spacial score (nSPS) is 22.7. The van der Waals surface area contributed by atoms with E-state index in [0.29, 0.717) is 19.1 Å². The number of hydrogen-bond acceptors (Lipinski definition) is 4. The summed E-state index contributed by atoms with van der Waals surface area (Å²) in [6.45, 7) is 6.47. The van der Waals surface area contributed by atoms with E-state index in [2.05, 4.69) is 48.0 Å². The highest BCUT2D eigenvalue weighted by atomic mass is 16.5. The first-order valence-corrected chi connectivity index (χ1v) is 6.77. The van der Waals surface area contributed by atoms with Crippen molar-refractivity contribution >= 4 is 5.96 Å². The minimum absolute atomic E-state index is 0.158. The van der Waals surface area contributed by atoms with Crippen LogP contribution in [0.3, 0.4) is 0 Å². The molecule has 1 heterocycles. The lowest BCUT2D eigenvalue weighted by Crippen LogP contribution is -2.48. The van der Waals surface area contributed by atoms with Crippen LogP contribution in [0.2, 0.25) is 0 Å². The minimum atomic E-state index is -0.158. The Hall–Kier alpha value is -1.55. The van der Waals surface area contributed by atoms with Gasteiger partial charge < -0.3 is 15.4 Å². The number of aliphatic imine (C=N–C) groups is 1. The topological polar surface area (TPSA) is 50.8 Å². The molecule has 4 nitrogen and oxygen atoms in total. The fourth-order valence-corrected chi connectivity index (χ4v) is 2.55. The monoisotopic (exact) mass is 261 g/mol. The van der Waals surface area contributed by atoms with Crippen molar-refractivity contribution in [1.82, 2.24) is 4.90 Å². The maximum atomic E-state index is 6.01. The Labute approximate surface area is 115 Å². The number of methoxy groups -OCH3 is 1. The lowest BCUT2D eigenvalue weighted by atomic mass is 9.90. The molecule has 0 radical (unpaired) electrons. The molecule has 0 spiro atoms. The molecule has 0 aliphatic carbocycles. The van der Waals surface area contributed by atoms with Gasteiger partial charge in [0.1, 0.15) is 0 Å². The van der Waals surface area contributed by atoms with E-state index >= 15 is 0 Å². The molecule has 4 heteroatoms. The van der Waals surface area contributed by atoms with Crippen LogP contribution in [0, 0.1) is 0 Å². The van der Waals surface area contributed by atoms with Gasteiger partial charge in [0, 0.05) is 13.7 Å². The molecule has 0 aromatic heterocycles. The molecule has 0 saturated heterocycles. The third-order valence-corrected chi connectivity index (χ3v) is 3.92. The highest BCUT2D eigenvalue weighted by Crippen LogP contribution is 2.32. The van der Waals surface area contributed by atoms with E-state index in [-0.39, 0.29) is 5.54 Å². The second-order valence-electron chi connectivity index (χ2n) is 5.14. The van der Waals surface area contributed by atoms with Crippen LogP contribution in [-0.2, 0) is 16.7 Å². The maximum Gasteiger partial charge on any atom is 0.192 e. The van der Waals surface area contributed by atoms with Crippen LogP contribution in [0.4, 0.5) is 0 Å². The summed E-state index contributed by atoms with van der Waals surface area (Å²) in [5.41, 5.74) is 8.46. The van der Waals surface area contributed by atoms with E-state index < -0.39 is 0 Å². The predicted octanol–water partition coefficient (Wildman–Crippen LogP) is 1.74. The van der Waals surface area contributed by atoms with Crippen molar-refractivity contribution in [3.8, 4) is 0 Å². The average Bonchev–Trinajstić information content (AvgIpc) is 2.73. The minimum Gasteiger partial charge on any atom is -0.383 e. The molecule has 0 bridgehead atoms. The van der Waals surface area contributed by atoms with Gasteiger partial charge in [-0.05, 0) is 24.5 Å². The molecule has 1 atom stereocenters. The highest BCUT2D eigenvalue weighted by Gasteiger charge is 2.39. The van der Waals surface area contributed by atoms with Gasteiger partial charge in [-0.25, -0.2) is 0 Å². The van der Waals surface area contributed by atoms with E-state index in [0.717, 1.165) is 13.0 Å². The maximum absolute atomic E-state index is 6.01. The number of aryl methyl sites for hydroxylation is 1. The SMILES string of the molecule is CCc1ccc(C2(C)CN=C(N)N2CCOC)cc1. The van der Waals surface area contributed by atoms with Crippen molar-refractivity contribution in [2.75, 3.05) is 26.8 Å². The Morgan fingerprint density at radius 3 is 2.63 bits per heavy atom. The number of nitrogens with two attached hydrogens (primary N) is 1. The fraction of sp³-hybridized carbons (Fsp3) is 0.533. The zero-order valence-corrected chi connectivity index (χ0v) is 12.0. The van der Waals surface area contributed by atoms with E-state index in [4.69, 9.17) is 10.5 Å². The molecule has 1 unspecified atom stereocenters. The van der Waals surface area contributed by atoms with Gasteiger partial charge in [0.25, 0.3) is 0 Å². The van der Waals surface area contributed by atoms with Crippen molar-refractivity contribution in [3.63, 3.8) is 0 Å². The second kappa shape index (κ2) is 5.61. The summed E-state index contributed by atoms with van der Waals surface area (Å²) in [4.78, 5) is 6.54. The van der Waals surface area contributed by atoms with Crippen LogP contribution in [0.1, 0.15) is 25.0 Å². The Balaban J connectivity index is 2.24. The van der Waals surface area contributed by atoms with Crippen molar-refractivity contribution < 1.29 is 4.74 Å². The summed E-state index contributed by atoms with van der Waals surface area (Å²) in [5.74, 6) is 0.610. The molecule has 2 rings (SSSR count). The molecule has 0 fully saturated rings. The second-order valence-corrected chi connectivity index (χ2v) is 5.14. The number of hydrogen-bond donors (Lipinski definition) is 1. The Bertz CT molecular complexity index is 455. The number of guanidine groups is 1.